The van der Waals surface area contributed by atoms with E-state index in [-0.39, 0.29) is 5.91 Å². The first kappa shape index (κ1) is 17.2. The molecule has 0 atom stereocenters. The molecule has 25 heavy (non-hydrogen) atoms. The number of nitrogens with zero attached hydrogens (tertiary/aromatic N) is 1. The lowest BCUT2D eigenvalue weighted by molar-refractivity contribution is 0.0959. The van der Waals surface area contributed by atoms with Crippen molar-refractivity contribution in [1.29, 1.82) is 0 Å². The number of carbonyl (C=O) groups excluding carboxylic acids is 1. The van der Waals surface area contributed by atoms with Crippen LogP contribution in [0.2, 0.25) is 4.34 Å². The minimum atomic E-state index is -0.287. The molecule has 1 N–H and O–H groups in total. The average molecular weight is 371 g/mol. The zero-order valence-corrected chi connectivity index (χ0v) is 14.8. The molecule has 2 aromatic carbocycles. The number of hydrogen-bond donors (Lipinski definition) is 1. The summed E-state index contributed by atoms with van der Waals surface area (Å²) in [7, 11) is 0. The number of hydrogen-bond acceptors (Lipinski definition) is 4. The molecule has 1 heterocycles. The van der Waals surface area contributed by atoms with E-state index in [2.05, 4.69) is 10.5 Å². The Morgan fingerprint density at radius 2 is 1.96 bits per heavy atom. The second-order valence-corrected chi connectivity index (χ2v) is 6.86. The van der Waals surface area contributed by atoms with Crippen molar-refractivity contribution in [1.82, 2.24) is 5.43 Å². The Kier molecular flexibility index (Phi) is 5.82. The van der Waals surface area contributed by atoms with E-state index < -0.39 is 0 Å². The number of halogens is 1. The van der Waals surface area contributed by atoms with Gasteiger partial charge < -0.3 is 4.74 Å². The summed E-state index contributed by atoms with van der Waals surface area (Å²) < 4.78 is 6.34. The van der Waals surface area contributed by atoms with Gasteiger partial charge in [-0.25, -0.2) is 5.43 Å². The van der Waals surface area contributed by atoms with Crippen molar-refractivity contribution in [3.8, 4) is 5.75 Å². The van der Waals surface area contributed by atoms with Gasteiger partial charge >= 0.3 is 0 Å². The largest absolute Gasteiger partial charge is 0.489 e. The summed E-state index contributed by atoms with van der Waals surface area (Å²) in [5, 5.41) is 3.97. The molecule has 3 rings (SSSR count). The lowest BCUT2D eigenvalue weighted by Gasteiger charge is -2.06. The van der Waals surface area contributed by atoms with Gasteiger partial charge in [-0.2, -0.15) is 5.10 Å². The molecule has 0 aliphatic carbocycles. The van der Waals surface area contributed by atoms with E-state index >= 15 is 0 Å². The quantitative estimate of drug-likeness (QED) is 0.503. The lowest BCUT2D eigenvalue weighted by atomic mass is 10.2. The Hall–Kier alpha value is -2.63. The van der Waals surface area contributed by atoms with Crippen LogP contribution in [0.1, 0.15) is 20.8 Å². The van der Waals surface area contributed by atoms with Gasteiger partial charge in [-0.05, 0) is 35.4 Å². The van der Waals surface area contributed by atoms with E-state index in [0.29, 0.717) is 15.8 Å². The van der Waals surface area contributed by atoms with Crippen LogP contribution in [0.3, 0.4) is 0 Å². The molecule has 0 aliphatic heterocycles. The first-order valence-corrected chi connectivity index (χ1v) is 8.76. The molecule has 0 bridgehead atoms. The molecule has 4 nitrogen and oxygen atoms in total. The molecular weight excluding hydrogens is 356 g/mol. The van der Waals surface area contributed by atoms with Crippen LogP contribution in [0, 0.1) is 0 Å². The maximum atomic E-state index is 11.9. The van der Waals surface area contributed by atoms with Gasteiger partial charge in [0.2, 0.25) is 0 Å². The fourth-order valence-corrected chi connectivity index (χ4v) is 3.02. The third kappa shape index (κ3) is 5.17. The number of benzene rings is 2. The number of hydrazone groups is 1. The number of carbonyl (C=O) groups is 1. The van der Waals surface area contributed by atoms with E-state index in [0.717, 1.165) is 16.9 Å². The molecule has 126 valence electrons. The first-order chi connectivity index (χ1) is 12.2. The number of rotatable bonds is 6. The third-order valence-electron chi connectivity index (χ3n) is 3.28. The highest BCUT2D eigenvalue weighted by Crippen LogP contribution is 2.21. The predicted octanol–water partition coefficient (Wildman–Crippen LogP) is 4.74. The molecule has 0 saturated heterocycles. The van der Waals surface area contributed by atoms with Crippen molar-refractivity contribution in [2.24, 2.45) is 5.10 Å². The van der Waals surface area contributed by atoms with Gasteiger partial charge in [0, 0.05) is 0 Å². The highest BCUT2D eigenvalue weighted by Gasteiger charge is 2.06. The highest BCUT2D eigenvalue weighted by atomic mass is 35.5. The summed E-state index contributed by atoms with van der Waals surface area (Å²) in [6.45, 7) is 0.497. The van der Waals surface area contributed by atoms with Crippen molar-refractivity contribution >= 4 is 35.1 Å². The summed E-state index contributed by atoms with van der Waals surface area (Å²) >= 11 is 7.02. The van der Waals surface area contributed by atoms with Gasteiger partial charge in [-0.1, -0.05) is 54.1 Å². The molecule has 1 amide bonds. The molecule has 6 heteroatoms. The van der Waals surface area contributed by atoms with Gasteiger partial charge in [0.1, 0.15) is 12.4 Å². The van der Waals surface area contributed by atoms with Gasteiger partial charge in [0.25, 0.3) is 5.91 Å². The Bertz CT molecular complexity index is 878. The van der Waals surface area contributed by atoms with Crippen LogP contribution < -0.4 is 10.2 Å². The smallest absolute Gasteiger partial charge is 0.281 e. The Morgan fingerprint density at radius 1 is 1.12 bits per heavy atom. The predicted molar refractivity (Wildman–Crippen MR) is 102 cm³/mol. The van der Waals surface area contributed by atoms with Crippen LogP contribution in [-0.2, 0) is 6.61 Å². The van der Waals surface area contributed by atoms with Crippen LogP contribution in [0.4, 0.5) is 0 Å². The number of thiophene rings is 1. The van der Waals surface area contributed by atoms with Crippen LogP contribution in [-0.4, -0.2) is 12.1 Å². The molecule has 0 aliphatic rings. The molecule has 0 radical (unpaired) electrons. The van der Waals surface area contributed by atoms with Gasteiger partial charge in [0.15, 0.2) is 0 Å². The fourth-order valence-electron chi connectivity index (χ4n) is 2.08. The molecule has 1 aromatic heterocycles. The molecule has 0 fully saturated rings. The summed E-state index contributed by atoms with van der Waals surface area (Å²) in [6.07, 6.45) is 1.57. The maximum Gasteiger partial charge on any atom is 0.281 e. The Labute approximate surface area is 154 Å². The van der Waals surface area contributed by atoms with E-state index in [1.54, 1.807) is 18.3 Å². The third-order valence-corrected chi connectivity index (χ3v) is 4.51. The molecular formula is C19H15ClN2O2S. The molecule has 0 unspecified atom stereocenters. The van der Waals surface area contributed by atoms with Crippen molar-refractivity contribution in [2.45, 2.75) is 6.61 Å². The zero-order valence-electron chi connectivity index (χ0n) is 13.2. The first-order valence-electron chi connectivity index (χ1n) is 7.56. The topological polar surface area (TPSA) is 50.7 Å². The maximum absolute atomic E-state index is 11.9. The van der Waals surface area contributed by atoms with Crippen molar-refractivity contribution in [3.63, 3.8) is 0 Å². The minimum Gasteiger partial charge on any atom is -0.489 e. The van der Waals surface area contributed by atoms with Gasteiger partial charge in [-0.15, -0.1) is 11.3 Å². The molecule has 0 saturated carbocycles. The highest BCUT2D eigenvalue weighted by molar-refractivity contribution is 7.17. The normalized spacial score (nSPS) is 10.8. The van der Waals surface area contributed by atoms with E-state index in [4.69, 9.17) is 16.3 Å². The van der Waals surface area contributed by atoms with Gasteiger partial charge in [-0.3, -0.25) is 4.79 Å². The Morgan fingerprint density at radius 3 is 2.72 bits per heavy atom. The lowest BCUT2D eigenvalue weighted by Crippen LogP contribution is -2.16. The Balaban J connectivity index is 1.56. The second kappa shape index (κ2) is 8.46. The molecule has 0 spiro atoms. The van der Waals surface area contributed by atoms with Crippen LogP contribution in [0.25, 0.3) is 0 Å². The summed E-state index contributed by atoms with van der Waals surface area (Å²) in [6, 6.07) is 20.8. The van der Waals surface area contributed by atoms with Crippen molar-refractivity contribution in [2.75, 3.05) is 0 Å². The second-order valence-electron chi connectivity index (χ2n) is 5.15. The van der Waals surface area contributed by atoms with Crippen LogP contribution >= 0.6 is 22.9 Å². The number of amides is 1. The summed E-state index contributed by atoms with van der Waals surface area (Å²) in [4.78, 5) is 12.4. The van der Waals surface area contributed by atoms with Crippen molar-refractivity contribution in [3.05, 3.63) is 87.1 Å². The standard InChI is InChI=1S/C19H15ClN2O2S/c20-18-10-9-17(25-18)19(23)22-21-12-15-7-4-8-16(11-15)24-13-14-5-2-1-3-6-14/h1-12H,13H2,(H,22,23). The average Bonchev–Trinajstić information content (AvgIpc) is 3.08. The van der Waals surface area contributed by atoms with Crippen LogP contribution in [0.15, 0.2) is 71.8 Å². The monoisotopic (exact) mass is 370 g/mol. The van der Waals surface area contributed by atoms with Crippen LogP contribution in [0.5, 0.6) is 5.75 Å². The number of ether oxygens (including phenoxy) is 1. The summed E-state index contributed by atoms with van der Waals surface area (Å²) in [5.74, 6) is 0.453. The summed E-state index contributed by atoms with van der Waals surface area (Å²) in [5.41, 5.74) is 4.41. The van der Waals surface area contributed by atoms with Crippen molar-refractivity contribution < 1.29 is 9.53 Å². The number of nitrogens with one attached hydrogen (secondary N) is 1. The molecule has 3 aromatic rings. The zero-order chi connectivity index (χ0) is 17.5. The van der Waals surface area contributed by atoms with Gasteiger partial charge in [0.05, 0.1) is 15.4 Å². The van der Waals surface area contributed by atoms with E-state index in [1.807, 2.05) is 54.6 Å². The van der Waals surface area contributed by atoms with E-state index in [1.165, 1.54) is 11.3 Å². The van der Waals surface area contributed by atoms with E-state index in [9.17, 15) is 4.79 Å². The fraction of sp³-hybridized carbons (Fsp3) is 0.0526. The SMILES string of the molecule is O=C(NN=Cc1cccc(OCc2ccccc2)c1)c1ccc(Cl)s1. The minimum absolute atomic E-state index is 0.287.